The minimum Gasteiger partial charge on any atom is -0.462 e. The van der Waals surface area contributed by atoms with Crippen LogP contribution in [-0.2, 0) is 9.47 Å². The molecule has 0 bridgehead atoms. The van der Waals surface area contributed by atoms with Crippen LogP contribution in [0.15, 0.2) is 17.1 Å². The third-order valence-electron chi connectivity index (χ3n) is 6.18. The fourth-order valence-electron chi connectivity index (χ4n) is 4.65. The summed E-state index contributed by atoms with van der Waals surface area (Å²) in [6.07, 6.45) is 3.22. The molecule has 0 radical (unpaired) electrons. The van der Waals surface area contributed by atoms with E-state index in [1.54, 1.807) is 40.7 Å². The standard InChI is InChI=1S/C25H32FN3O5/c1-6-33-23(31)18-11-17(15-7-8-15)20-14(2)21(19(26)13-29(20)22(18)30)28-10-9-16(12-28)27-24(32)34-25(3,4)5/h11,13,15-16H,6-10,12H2,1-5H3,(H,27,32). The molecule has 2 aliphatic rings. The molecule has 2 fully saturated rings. The van der Waals surface area contributed by atoms with Gasteiger partial charge in [-0.25, -0.2) is 14.0 Å². The Morgan fingerprint density at radius 2 is 1.94 bits per heavy atom. The van der Waals surface area contributed by atoms with Gasteiger partial charge >= 0.3 is 12.1 Å². The van der Waals surface area contributed by atoms with Gasteiger partial charge in [-0.05, 0) is 77.0 Å². The van der Waals surface area contributed by atoms with Gasteiger partial charge in [0.15, 0.2) is 5.82 Å². The number of fused-ring (bicyclic) bond motifs is 1. The molecule has 0 aromatic carbocycles. The highest BCUT2D eigenvalue weighted by Crippen LogP contribution is 2.44. The zero-order chi connectivity index (χ0) is 24.8. The maximum Gasteiger partial charge on any atom is 0.407 e. The van der Waals surface area contributed by atoms with Crippen molar-refractivity contribution in [2.45, 2.75) is 71.4 Å². The second-order valence-electron chi connectivity index (χ2n) is 10.1. The van der Waals surface area contributed by atoms with Gasteiger partial charge in [-0.1, -0.05) is 0 Å². The Morgan fingerprint density at radius 3 is 2.56 bits per heavy atom. The number of carbonyl (C=O) groups is 2. The van der Waals surface area contributed by atoms with Crippen molar-refractivity contribution in [3.8, 4) is 0 Å². The first-order chi connectivity index (χ1) is 16.0. The Morgan fingerprint density at radius 1 is 1.24 bits per heavy atom. The lowest BCUT2D eigenvalue weighted by atomic mass is 10.0. The number of rotatable bonds is 5. The van der Waals surface area contributed by atoms with Crippen LogP contribution in [0, 0.1) is 12.7 Å². The van der Waals surface area contributed by atoms with Crippen LogP contribution < -0.4 is 15.8 Å². The Hall–Kier alpha value is -3.10. The maximum absolute atomic E-state index is 15.4. The molecule has 1 amide bonds. The Kier molecular flexibility index (Phi) is 6.31. The van der Waals surface area contributed by atoms with Crippen molar-refractivity contribution in [2.24, 2.45) is 0 Å². The van der Waals surface area contributed by atoms with Gasteiger partial charge in [0.05, 0.1) is 30.0 Å². The number of hydrogen-bond donors (Lipinski definition) is 1. The van der Waals surface area contributed by atoms with Crippen LogP contribution in [0.1, 0.15) is 74.4 Å². The number of carbonyl (C=O) groups excluding carboxylic acids is 2. The predicted molar refractivity (Wildman–Crippen MR) is 126 cm³/mol. The molecule has 8 nitrogen and oxygen atoms in total. The summed E-state index contributed by atoms with van der Waals surface area (Å²) < 4.78 is 27.1. The van der Waals surface area contributed by atoms with E-state index >= 15 is 4.39 Å². The van der Waals surface area contributed by atoms with Crippen molar-refractivity contribution in [1.82, 2.24) is 9.72 Å². The van der Waals surface area contributed by atoms with Gasteiger partial charge in [0.25, 0.3) is 5.56 Å². The van der Waals surface area contributed by atoms with E-state index in [1.807, 2.05) is 4.90 Å². The van der Waals surface area contributed by atoms with Crippen LogP contribution in [0.5, 0.6) is 0 Å². The van der Waals surface area contributed by atoms with E-state index < -0.39 is 29.0 Å². The van der Waals surface area contributed by atoms with Crippen molar-refractivity contribution in [3.63, 3.8) is 0 Å². The predicted octanol–water partition coefficient (Wildman–Crippen LogP) is 3.90. The molecule has 0 spiro atoms. The lowest BCUT2D eigenvalue weighted by Crippen LogP contribution is -2.40. The molecule has 3 heterocycles. The minimum atomic E-state index is -0.693. The fourth-order valence-corrected chi connectivity index (χ4v) is 4.65. The second kappa shape index (κ2) is 8.92. The number of aromatic nitrogens is 1. The molecule has 1 saturated heterocycles. The monoisotopic (exact) mass is 473 g/mol. The van der Waals surface area contributed by atoms with E-state index in [9.17, 15) is 14.4 Å². The summed E-state index contributed by atoms with van der Waals surface area (Å²) in [7, 11) is 0. The molecule has 34 heavy (non-hydrogen) atoms. The first-order valence-corrected chi connectivity index (χ1v) is 11.8. The average Bonchev–Trinajstić information content (AvgIpc) is 3.47. The number of hydrogen-bond acceptors (Lipinski definition) is 6. The normalized spacial score (nSPS) is 18.3. The molecule has 184 valence electrons. The van der Waals surface area contributed by atoms with Crippen molar-refractivity contribution in [2.75, 3.05) is 24.6 Å². The van der Waals surface area contributed by atoms with Crippen LogP contribution in [0.25, 0.3) is 5.52 Å². The average molecular weight is 474 g/mol. The summed E-state index contributed by atoms with van der Waals surface area (Å²) in [5.74, 6) is -1.02. The number of ether oxygens (including phenoxy) is 2. The molecule has 2 aromatic heterocycles. The van der Waals surface area contributed by atoms with Gasteiger partial charge in [0.1, 0.15) is 11.2 Å². The highest BCUT2D eigenvalue weighted by Gasteiger charge is 2.33. The van der Waals surface area contributed by atoms with E-state index in [0.717, 1.165) is 18.4 Å². The van der Waals surface area contributed by atoms with E-state index in [2.05, 4.69) is 5.32 Å². The molecule has 1 aliphatic carbocycles. The quantitative estimate of drug-likeness (QED) is 0.663. The highest BCUT2D eigenvalue weighted by molar-refractivity contribution is 5.90. The van der Waals surface area contributed by atoms with E-state index in [-0.39, 0.29) is 24.1 Å². The number of halogens is 1. The molecule has 2 aromatic rings. The van der Waals surface area contributed by atoms with Crippen molar-refractivity contribution < 1.29 is 23.5 Å². The SMILES string of the molecule is CCOC(=O)c1cc(C2CC2)c2c(C)c(N3CCC(NC(=O)OC(C)(C)C)C3)c(F)cn2c1=O. The number of alkyl carbamates (subject to hydrolysis) is 1. The zero-order valence-corrected chi connectivity index (χ0v) is 20.4. The molecule has 1 saturated carbocycles. The lowest BCUT2D eigenvalue weighted by molar-refractivity contribution is 0.0503. The Labute approximate surface area is 198 Å². The van der Waals surface area contributed by atoms with E-state index in [1.165, 1.54) is 10.6 Å². The van der Waals surface area contributed by atoms with Gasteiger partial charge in [0, 0.05) is 13.1 Å². The number of amides is 1. The number of esters is 1. The number of aryl methyl sites for hydroxylation is 1. The first-order valence-electron chi connectivity index (χ1n) is 11.8. The molecule has 4 rings (SSSR count). The topological polar surface area (TPSA) is 89.3 Å². The smallest absolute Gasteiger partial charge is 0.407 e. The zero-order valence-electron chi connectivity index (χ0n) is 20.4. The summed E-state index contributed by atoms with van der Waals surface area (Å²) in [6, 6.07) is 1.44. The third kappa shape index (κ3) is 4.74. The summed E-state index contributed by atoms with van der Waals surface area (Å²) in [5, 5.41) is 2.86. The number of anilines is 1. The van der Waals surface area contributed by atoms with Gasteiger partial charge in [-0.2, -0.15) is 0 Å². The van der Waals surface area contributed by atoms with Crippen molar-refractivity contribution in [1.29, 1.82) is 0 Å². The number of nitrogens with one attached hydrogen (secondary N) is 1. The largest absolute Gasteiger partial charge is 0.462 e. The molecule has 9 heteroatoms. The van der Waals surface area contributed by atoms with Gasteiger partial charge in [-0.3, -0.25) is 9.20 Å². The number of nitrogens with zero attached hydrogens (tertiary/aromatic N) is 2. The van der Waals surface area contributed by atoms with Crippen molar-refractivity contribution >= 4 is 23.3 Å². The highest BCUT2D eigenvalue weighted by atomic mass is 19.1. The Bertz CT molecular complexity index is 1200. The van der Waals surface area contributed by atoms with E-state index in [0.29, 0.717) is 36.3 Å². The van der Waals surface area contributed by atoms with Crippen molar-refractivity contribution in [3.05, 3.63) is 45.1 Å². The fraction of sp³-hybridized carbons (Fsp3) is 0.560. The summed E-state index contributed by atoms with van der Waals surface area (Å²) in [4.78, 5) is 39.5. The maximum atomic E-state index is 15.4. The van der Waals surface area contributed by atoms with Gasteiger partial charge < -0.3 is 19.7 Å². The van der Waals surface area contributed by atoms with Gasteiger partial charge in [0.2, 0.25) is 0 Å². The molecule has 1 atom stereocenters. The lowest BCUT2D eigenvalue weighted by Gasteiger charge is -2.25. The van der Waals surface area contributed by atoms with Crippen LogP contribution in [0.3, 0.4) is 0 Å². The number of pyridine rings is 2. The summed E-state index contributed by atoms with van der Waals surface area (Å²) in [5.41, 5.74) is 1.31. The van der Waals surface area contributed by atoms with Gasteiger partial charge in [-0.15, -0.1) is 0 Å². The molecular formula is C25H32FN3O5. The first kappa shape index (κ1) is 24.0. The molecule has 1 unspecified atom stereocenters. The minimum absolute atomic E-state index is 0.0735. The van der Waals surface area contributed by atoms with Crippen LogP contribution in [-0.4, -0.2) is 47.8 Å². The molecule has 1 N–H and O–H groups in total. The second-order valence-corrected chi connectivity index (χ2v) is 10.1. The van der Waals surface area contributed by atoms with E-state index in [4.69, 9.17) is 9.47 Å². The molecular weight excluding hydrogens is 441 g/mol. The summed E-state index contributed by atoms with van der Waals surface area (Å²) in [6.45, 7) is 10.0. The van der Waals surface area contributed by atoms with Crippen LogP contribution >= 0.6 is 0 Å². The van der Waals surface area contributed by atoms with Crippen LogP contribution in [0.2, 0.25) is 0 Å². The summed E-state index contributed by atoms with van der Waals surface area (Å²) >= 11 is 0. The van der Waals surface area contributed by atoms with Crippen LogP contribution in [0.4, 0.5) is 14.9 Å². The molecule has 1 aliphatic heterocycles. The Balaban J connectivity index is 1.70. The third-order valence-corrected chi connectivity index (χ3v) is 6.18.